The second kappa shape index (κ2) is 15.0. The highest BCUT2D eigenvalue weighted by molar-refractivity contribution is 7.80. The zero-order chi connectivity index (χ0) is 29.2. The normalized spacial score (nSPS) is 11.5. The lowest BCUT2D eigenvalue weighted by Crippen LogP contribution is -2.12. The van der Waals surface area contributed by atoms with Gasteiger partial charge in [-0.05, 0) is 84.4 Å². The minimum atomic E-state index is -2.39. The first-order chi connectivity index (χ1) is 16.0. The Bertz CT molecular complexity index is 996. The summed E-state index contributed by atoms with van der Waals surface area (Å²) in [4.78, 5) is 18.1. The van der Waals surface area contributed by atoms with Gasteiger partial charge in [0.2, 0.25) is 11.2 Å². The molecule has 0 aliphatic rings. The van der Waals surface area contributed by atoms with Crippen LogP contribution >= 0.6 is 0 Å². The Morgan fingerprint density at radius 2 is 0.944 bits per heavy atom. The van der Waals surface area contributed by atoms with Gasteiger partial charge in [0.05, 0.1) is 4.90 Å². The van der Waals surface area contributed by atoms with Crippen LogP contribution in [0.25, 0.3) is 0 Å². The molecule has 0 aliphatic heterocycles. The van der Waals surface area contributed by atoms with E-state index in [0.717, 1.165) is 30.5 Å². The van der Waals surface area contributed by atoms with Crippen LogP contribution < -0.4 is 0 Å². The minimum Gasteiger partial charge on any atom is -0.481 e. The zero-order valence-corrected chi connectivity index (χ0v) is 25.0. The van der Waals surface area contributed by atoms with E-state index in [1.165, 1.54) is 22.3 Å². The molecule has 0 aromatic heterocycles. The van der Waals surface area contributed by atoms with Gasteiger partial charge in [0.15, 0.2) is 0 Å². The van der Waals surface area contributed by atoms with E-state index >= 15 is 0 Å². The smallest absolute Gasteiger partial charge is 0.300 e. The molecular formula is C29H44F2O4S. The van der Waals surface area contributed by atoms with Crippen LogP contribution in [0.4, 0.5) is 8.28 Å². The number of rotatable bonds is 1. The van der Waals surface area contributed by atoms with Crippen LogP contribution in [0.2, 0.25) is 0 Å². The molecule has 0 fully saturated rings. The predicted molar refractivity (Wildman–Crippen MR) is 147 cm³/mol. The number of carbonyl (C=O) groups is 2. The van der Waals surface area contributed by atoms with Crippen LogP contribution in [0.5, 0.6) is 0 Å². The van der Waals surface area contributed by atoms with Gasteiger partial charge in [0.1, 0.15) is 0 Å². The van der Waals surface area contributed by atoms with Crippen molar-refractivity contribution in [1.29, 1.82) is 0 Å². The van der Waals surface area contributed by atoms with Gasteiger partial charge in [0, 0.05) is 13.8 Å². The molecule has 0 saturated heterocycles. The van der Waals surface area contributed by atoms with E-state index in [-0.39, 0.29) is 10.8 Å². The van der Waals surface area contributed by atoms with Gasteiger partial charge in [-0.2, -0.15) is 4.39 Å². The van der Waals surface area contributed by atoms with Crippen molar-refractivity contribution in [3.8, 4) is 0 Å². The lowest BCUT2D eigenvalue weighted by Gasteiger charge is -2.21. The summed E-state index contributed by atoms with van der Waals surface area (Å²) in [6.45, 7) is 25.2. The van der Waals surface area contributed by atoms with Gasteiger partial charge in [-0.25, -0.2) is 4.21 Å². The molecule has 0 aliphatic carbocycles. The number of carboxylic acid groups (broad SMARTS) is 1. The van der Waals surface area contributed by atoms with Crippen molar-refractivity contribution in [2.75, 3.05) is 0 Å². The highest BCUT2D eigenvalue weighted by Crippen LogP contribution is 2.29. The highest BCUT2D eigenvalue weighted by atomic mass is 32.2. The summed E-state index contributed by atoms with van der Waals surface area (Å²) in [6, 6.07) is 7.12. The van der Waals surface area contributed by atoms with E-state index in [1.54, 1.807) is 13.8 Å². The molecule has 1 atom stereocenters. The lowest BCUT2D eigenvalue weighted by molar-refractivity contribution is -0.134. The first-order valence-electron chi connectivity index (χ1n) is 11.7. The molecule has 0 saturated carbocycles. The summed E-state index contributed by atoms with van der Waals surface area (Å²) in [5.74, 6) is -0.833. The number of carboxylic acids is 1. The second-order valence-corrected chi connectivity index (χ2v) is 11.7. The molecule has 0 radical (unpaired) electrons. The number of aryl methyl sites for hydroxylation is 4. The van der Waals surface area contributed by atoms with Crippen molar-refractivity contribution >= 4 is 23.2 Å². The standard InChI is InChI=1S/C13H20.C12H17FOS.C2H3FO.C2H4O2/c1-9-7-12(13(4,5)6)8-10(2)11(9)3;1-8-6-10(12(3,4)5)7-9(2)11(8)15(13)14;2*1-2(3)4/h7-8H,1-6H3;6-7H,1-5H3;1H3;1H3,(H,3,4). The topological polar surface area (TPSA) is 71.4 Å². The lowest BCUT2D eigenvalue weighted by atomic mass is 9.84. The summed E-state index contributed by atoms with van der Waals surface area (Å²) in [5.41, 5.74) is 8.65. The van der Waals surface area contributed by atoms with Gasteiger partial charge in [-0.15, -0.1) is 3.89 Å². The molecule has 0 spiro atoms. The summed E-state index contributed by atoms with van der Waals surface area (Å²) >= 11 is -2.39. The quantitative estimate of drug-likeness (QED) is 0.381. The fraction of sp³-hybridized carbons (Fsp3) is 0.517. The van der Waals surface area contributed by atoms with E-state index in [0.29, 0.717) is 4.90 Å². The maximum atomic E-state index is 12.9. The largest absolute Gasteiger partial charge is 0.481 e. The molecule has 0 bridgehead atoms. The highest BCUT2D eigenvalue weighted by Gasteiger charge is 2.18. The predicted octanol–water partition coefficient (Wildman–Crippen LogP) is 8.10. The van der Waals surface area contributed by atoms with Crippen LogP contribution in [-0.4, -0.2) is 21.3 Å². The van der Waals surface area contributed by atoms with Crippen LogP contribution in [0.3, 0.4) is 0 Å². The van der Waals surface area contributed by atoms with E-state index in [2.05, 4.69) is 74.4 Å². The molecule has 36 heavy (non-hydrogen) atoms. The van der Waals surface area contributed by atoms with Crippen molar-refractivity contribution in [3.63, 3.8) is 0 Å². The van der Waals surface area contributed by atoms with Gasteiger partial charge >= 0.3 is 0 Å². The van der Waals surface area contributed by atoms with Gasteiger partial charge in [0.25, 0.3) is 12.0 Å². The summed E-state index contributed by atoms with van der Waals surface area (Å²) in [6.07, 6.45) is 0. The maximum absolute atomic E-state index is 12.9. The Hall–Kier alpha value is -2.41. The Morgan fingerprint density at radius 1 is 0.722 bits per heavy atom. The third-order valence-electron chi connectivity index (χ3n) is 5.28. The van der Waals surface area contributed by atoms with Crippen LogP contribution in [0.15, 0.2) is 29.2 Å². The Kier molecular flexibility index (Phi) is 14.9. The molecule has 1 N–H and O–H groups in total. The van der Waals surface area contributed by atoms with Crippen molar-refractivity contribution < 1.29 is 27.2 Å². The Balaban J connectivity index is 0. The maximum Gasteiger partial charge on any atom is 0.300 e. The fourth-order valence-electron chi connectivity index (χ4n) is 3.11. The van der Waals surface area contributed by atoms with Crippen molar-refractivity contribution in [2.24, 2.45) is 0 Å². The van der Waals surface area contributed by atoms with Crippen LogP contribution in [-0.2, 0) is 31.6 Å². The molecule has 2 aromatic rings. The molecule has 2 rings (SSSR count). The fourth-order valence-corrected chi connectivity index (χ4v) is 3.73. The molecule has 0 amide bonds. The average molecular weight is 527 g/mol. The van der Waals surface area contributed by atoms with Crippen LogP contribution in [0.1, 0.15) is 94.3 Å². The molecule has 0 heterocycles. The molecule has 7 heteroatoms. The average Bonchev–Trinajstić information content (AvgIpc) is 2.63. The second-order valence-electron chi connectivity index (χ2n) is 10.9. The van der Waals surface area contributed by atoms with E-state index in [4.69, 9.17) is 14.7 Å². The number of hydrogen-bond acceptors (Lipinski definition) is 3. The van der Waals surface area contributed by atoms with Crippen LogP contribution in [0, 0.1) is 34.6 Å². The number of halogens is 2. The van der Waals surface area contributed by atoms with E-state index < -0.39 is 23.2 Å². The van der Waals surface area contributed by atoms with Crippen molar-refractivity contribution in [2.45, 2.75) is 106 Å². The van der Waals surface area contributed by atoms with E-state index in [9.17, 15) is 12.5 Å². The summed E-state index contributed by atoms with van der Waals surface area (Å²) in [5, 5.41) is 7.42. The number of aliphatic carboxylic acids is 1. The van der Waals surface area contributed by atoms with Gasteiger partial charge in [-0.3, -0.25) is 9.59 Å². The number of hydrogen-bond donors (Lipinski definition) is 1. The minimum absolute atomic E-state index is 0.0336. The van der Waals surface area contributed by atoms with Gasteiger partial charge in [-0.1, -0.05) is 65.8 Å². The Morgan fingerprint density at radius 3 is 1.14 bits per heavy atom. The SMILES string of the molecule is CC(=O)F.CC(=O)O.Cc1cc(C(C)(C)C)cc(C)c1C.Cc1cc(C(C)(C)C)cc(C)c1S(=O)F. The third-order valence-corrected chi connectivity index (χ3v) is 6.24. The summed E-state index contributed by atoms with van der Waals surface area (Å²) in [7, 11) is 0. The third kappa shape index (κ3) is 14.2. The van der Waals surface area contributed by atoms with Gasteiger partial charge < -0.3 is 5.11 Å². The molecule has 4 nitrogen and oxygen atoms in total. The first-order valence-corrected chi connectivity index (χ1v) is 12.7. The number of carbonyl (C=O) groups excluding carboxylic acids is 1. The first kappa shape index (κ1) is 35.8. The monoisotopic (exact) mass is 526 g/mol. The molecule has 1 unspecified atom stereocenters. The zero-order valence-electron chi connectivity index (χ0n) is 24.1. The van der Waals surface area contributed by atoms with E-state index in [1.807, 2.05) is 12.1 Å². The van der Waals surface area contributed by atoms with Crippen molar-refractivity contribution in [3.05, 3.63) is 63.2 Å². The molecular weight excluding hydrogens is 482 g/mol. The molecule has 204 valence electrons. The van der Waals surface area contributed by atoms with Crippen molar-refractivity contribution in [1.82, 2.24) is 0 Å². The summed E-state index contributed by atoms with van der Waals surface area (Å²) < 4.78 is 34.1. The Labute approximate surface area is 219 Å². The molecule has 2 aromatic carbocycles. The number of benzene rings is 2.